The Bertz CT molecular complexity index is 1570. The SMILES string of the molecule is CCCCCCOc1ccc(C2C(C(=O)Nc3cccc(C)c3)=C(C)Nc3nc(SCc4ccccc4Cl)nn32)cc1. The number of thioether (sulfide) groups is 1. The Labute approximate surface area is 256 Å². The molecule has 0 bridgehead atoms. The number of aryl methyl sites for hydroxylation is 1. The lowest BCUT2D eigenvalue weighted by Crippen LogP contribution is -2.31. The van der Waals surface area contributed by atoms with Crippen LogP contribution in [0.2, 0.25) is 5.02 Å². The van der Waals surface area contributed by atoms with E-state index in [2.05, 4.69) is 17.6 Å². The minimum atomic E-state index is -0.480. The number of hydrogen-bond donors (Lipinski definition) is 2. The van der Waals surface area contributed by atoms with E-state index in [1.165, 1.54) is 31.0 Å². The molecular weight excluding hydrogens is 566 g/mol. The van der Waals surface area contributed by atoms with Gasteiger partial charge in [0.25, 0.3) is 5.91 Å². The summed E-state index contributed by atoms with van der Waals surface area (Å²) in [6, 6.07) is 23.0. The Morgan fingerprint density at radius 3 is 2.62 bits per heavy atom. The topological polar surface area (TPSA) is 81.1 Å². The van der Waals surface area contributed by atoms with Gasteiger partial charge in [-0.2, -0.15) is 4.98 Å². The maximum atomic E-state index is 13.8. The summed E-state index contributed by atoms with van der Waals surface area (Å²) < 4.78 is 7.78. The van der Waals surface area contributed by atoms with Gasteiger partial charge >= 0.3 is 0 Å². The number of anilines is 2. The average Bonchev–Trinajstić information content (AvgIpc) is 3.38. The molecule has 9 heteroatoms. The number of allylic oxidation sites excluding steroid dienone is 1. The van der Waals surface area contributed by atoms with Gasteiger partial charge in [0.15, 0.2) is 0 Å². The molecule has 1 amide bonds. The van der Waals surface area contributed by atoms with Crippen LogP contribution < -0.4 is 15.4 Å². The lowest BCUT2D eigenvalue weighted by atomic mass is 9.95. The summed E-state index contributed by atoms with van der Waals surface area (Å²) in [4.78, 5) is 18.6. The zero-order valence-corrected chi connectivity index (χ0v) is 25.8. The van der Waals surface area contributed by atoms with Crippen molar-refractivity contribution in [2.75, 3.05) is 17.2 Å². The Kier molecular flexibility index (Phi) is 9.87. The lowest BCUT2D eigenvalue weighted by molar-refractivity contribution is -0.113. The van der Waals surface area contributed by atoms with E-state index >= 15 is 0 Å². The number of nitrogens with one attached hydrogen (secondary N) is 2. The van der Waals surface area contributed by atoms with Crippen LogP contribution in [-0.4, -0.2) is 27.3 Å². The van der Waals surface area contributed by atoms with Crippen LogP contribution in [-0.2, 0) is 10.5 Å². The molecular formula is C33H36ClN5O2S. The smallest absolute Gasteiger partial charge is 0.255 e. The van der Waals surface area contributed by atoms with Gasteiger partial charge in [0.05, 0.1) is 12.2 Å². The number of fused-ring (bicyclic) bond motifs is 1. The van der Waals surface area contributed by atoms with Crippen LogP contribution in [0.15, 0.2) is 89.2 Å². The first-order chi connectivity index (χ1) is 20.4. The summed E-state index contributed by atoms with van der Waals surface area (Å²) in [5, 5.41) is 12.6. The highest BCUT2D eigenvalue weighted by Gasteiger charge is 2.34. The van der Waals surface area contributed by atoms with Crippen LogP contribution in [0.1, 0.15) is 62.3 Å². The molecule has 0 saturated carbocycles. The molecule has 2 heterocycles. The number of halogens is 1. The predicted molar refractivity (Wildman–Crippen MR) is 171 cm³/mol. The number of nitrogens with zero attached hydrogens (tertiary/aromatic N) is 3. The third kappa shape index (κ3) is 7.17. The highest BCUT2D eigenvalue weighted by Crippen LogP contribution is 2.38. The van der Waals surface area contributed by atoms with Crippen LogP contribution in [0.4, 0.5) is 11.6 Å². The fourth-order valence-electron chi connectivity index (χ4n) is 4.94. The van der Waals surface area contributed by atoms with Crippen molar-refractivity contribution in [3.63, 3.8) is 0 Å². The van der Waals surface area contributed by atoms with E-state index in [1.807, 2.05) is 86.6 Å². The highest BCUT2D eigenvalue weighted by molar-refractivity contribution is 7.98. The third-order valence-electron chi connectivity index (χ3n) is 7.13. The molecule has 1 unspecified atom stereocenters. The van der Waals surface area contributed by atoms with E-state index < -0.39 is 6.04 Å². The molecule has 0 fully saturated rings. The van der Waals surface area contributed by atoms with Crippen LogP contribution in [0.5, 0.6) is 5.75 Å². The molecule has 0 aliphatic carbocycles. The van der Waals surface area contributed by atoms with Crippen molar-refractivity contribution >= 4 is 40.9 Å². The van der Waals surface area contributed by atoms with Gasteiger partial charge in [-0.25, -0.2) is 4.68 Å². The van der Waals surface area contributed by atoms with E-state index in [0.29, 0.717) is 34.1 Å². The fourth-order valence-corrected chi connectivity index (χ4v) is 6.05. The molecule has 0 spiro atoms. The molecule has 4 aromatic rings. The number of rotatable bonds is 12. The number of carbonyl (C=O) groups excluding carboxylic acids is 1. The largest absolute Gasteiger partial charge is 0.494 e. The first-order valence-corrected chi connectivity index (χ1v) is 15.7. The van der Waals surface area contributed by atoms with Crippen molar-refractivity contribution in [3.05, 3.63) is 106 Å². The summed E-state index contributed by atoms with van der Waals surface area (Å²) in [6.07, 6.45) is 4.61. The zero-order valence-electron chi connectivity index (χ0n) is 24.2. The van der Waals surface area contributed by atoms with Crippen LogP contribution >= 0.6 is 23.4 Å². The second-order valence-corrected chi connectivity index (χ2v) is 11.8. The maximum absolute atomic E-state index is 13.8. The second-order valence-electron chi connectivity index (χ2n) is 10.4. The minimum Gasteiger partial charge on any atom is -0.494 e. The van der Waals surface area contributed by atoms with Crippen molar-refractivity contribution in [1.29, 1.82) is 0 Å². The third-order valence-corrected chi connectivity index (χ3v) is 8.39. The van der Waals surface area contributed by atoms with Gasteiger partial charge in [-0.05, 0) is 67.3 Å². The molecule has 42 heavy (non-hydrogen) atoms. The molecule has 1 aliphatic rings. The summed E-state index contributed by atoms with van der Waals surface area (Å²) in [7, 11) is 0. The fraction of sp³-hybridized carbons (Fsp3) is 0.303. The molecule has 2 N–H and O–H groups in total. The van der Waals surface area contributed by atoms with E-state index in [0.717, 1.165) is 40.2 Å². The quantitative estimate of drug-likeness (QED) is 0.125. The summed E-state index contributed by atoms with van der Waals surface area (Å²) >= 11 is 7.88. The van der Waals surface area contributed by atoms with Gasteiger partial charge in [0.1, 0.15) is 11.8 Å². The molecule has 0 radical (unpaired) electrons. The molecule has 3 aromatic carbocycles. The van der Waals surface area contributed by atoms with Crippen molar-refractivity contribution in [2.45, 2.75) is 63.4 Å². The minimum absolute atomic E-state index is 0.196. The Morgan fingerprint density at radius 1 is 1.05 bits per heavy atom. The first kappa shape index (κ1) is 29.7. The first-order valence-electron chi connectivity index (χ1n) is 14.3. The predicted octanol–water partition coefficient (Wildman–Crippen LogP) is 8.42. The number of aromatic nitrogens is 3. The van der Waals surface area contributed by atoms with E-state index in [1.54, 1.807) is 4.68 Å². The van der Waals surface area contributed by atoms with Gasteiger partial charge < -0.3 is 15.4 Å². The monoisotopic (exact) mass is 601 g/mol. The van der Waals surface area contributed by atoms with Gasteiger partial charge in [0.2, 0.25) is 11.1 Å². The lowest BCUT2D eigenvalue weighted by Gasteiger charge is -2.28. The molecule has 1 aliphatic heterocycles. The maximum Gasteiger partial charge on any atom is 0.255 e. The number of amides is 1. The van der Waals surface area contributed by atoms with Crippen molar-refractivity contribution in [2.24, 2.45) is 0 Å². The van der Waals surface area contributed by atoms with Gasteiger partial charge in [-0.3, -0.25) is 4.79 Å². The second kappa shape index (κ2) is 13.9. The van der Waals surface area contributed by atoms with E-state index in [-0.39, 0.29) is 5.91 Å². The van der Waals surface area contributed by atoms with Gasteiger partial charge in [-0.1, -0.05) is 92.0 Å². The molecule has 5 rings (SSSR count). The van der Waals surface area contributed by atoms with Crippen molar-refractivity contribution in [3.8, 4) is 5.75 Å². The normalized spacial score (nSPS) is 14.3. The number of unbranched alkanes of at least 4 members (excludes halogenated alkanes) is 3. The molecule has 1 atom stereocenters. The van der Waals surface area contributed by atoms with Crippen LogP contribution in [0, 0.1) is 6.92 Å². The van der Waals surface area contributed by atoms with Crippen molar-refractivity contribution < 1.29 is 9.53 Å². The van der Waals surface area contributed by atoms with Crippen LogP contribution in [0.3, 0.4) is 0 Å². The van der Waals surface area contributed by atoms with Crippen molar-refractivity contribution in [1.82, 2.24) is 14.8 Å². The summed E-state index contributed by atoms with van der Waals surface area (Å²) in [5.74, 6) is 1.83. The number of hydrogen-bond acceptors (Lipinski definition) is 6. The van der Waals surface area contributed by atoms with E-state index in [4.69, 9.17) is 26.4 Å². The molecule has 1 aromatic heterocycles. The van der Waals surface area contributed by atoms with E-state index in [9.17, 15) is 4.79 Å². The highest BCUT2D eigenvalue weighted by atomic mass is 35.5. The standard InChI is InChI=1S/C33H36ClN5O2S/c1-4-5-6-9-19-41-27-17-15-24(16-18-27)30-29(31(40)36-26-13-10-11-22(2)20-26)23(3)35-32-37-33(38-39(30)32)42-21-25-12-7-8-14-28(25)34/h7-8,10-18,20,30H,4-6,9,19,21H2,1-3H3,(H,36,40)(H,35,37,38). The molecule has 0 saturated heterocycles. The Morgan fingerprint density at radius 2 is 1.86 bits per heavy atom. The van der Waals surface area contributed by atoms with Gasteiger partial charge in [-0.15, -0.1) is 5.10 Å². The zero-order chi connectivity index (χ0) is 29.5. The summed E-state index contributed by atoms with van der Waals surface area (Å²) in [5.41, 5.74) is 5.04. The Balaban J connectivity index is 1.42. The van der Waals surface area contributed by atoms with Crippen LogP contribution in [0.25, 0.3) is 0 Å². The molecule has 7 nitrogen and oxygen atoms in total. The average molecular weight is 602 g/mol. The number of carbonyl (C=O) groups is 1. The Hall–Kier alpha value is -3.75. The molecule has 218 valence electrons. The number of benzene rings is 3. The number of ether oxygens (including phenoxy) is 1. The van der Waals surface area contributed by atoms with Gasteiger partial charge in [0, 0.05) is 22.2 Å². The summed E-state index contributed by atoms with van der Waals surface area (Å²) in [6.45, 7) is 6.80.